The molecule has 0 fully saturated rings. The van der Waals surface area contributed by atoms with Crippen molar-refractivity contribution in [1.82, 2.24) is 24.6 Å². The number of carbonyl (C=O) groups excluding carboxylic acids is 2. The molecular weight excluding hydrogens is 442 g/mol. The predicted octanol–water partition coefficient (Wildman–Crippen LogP) is 3.06. The van der Waals surface area contributed by atoms with Crippen molar-refractivity contribution in [2.75, 3.05) is 38.1 Å². The Morgan fingerprint density at radius 2 is 1.68 bits per heavy atom. The number of amides is 2. The van der Waals surface area contributed by atoms with Crippen molar-refractivity contribution in [3.8, 4) is 0 Å². The van der Waals surface area contributed by atoms with Crippen LogP contribution in [0.3, 0.4) is 0 Å². The van der Waals surface area contributed by atoms with E-state index in [1.165, 1.54) is 4.90 Å². The van der Waals surface area contributed by atoms with Crippen LogP contribution in [0.4, 0.5) is 14.5 Å². The van der Waals surface area contributed by atoms with Crippen LogP contribution >= 0.6 is 0 Å². The number of rotatable bonds is 4. The molecule has 0 N–H and O–H groups in total. The molecule has 10 heteroatoms. The van der Waals surface area contributed by atoms with Crippen LogP contribution in [0.5, 0.6) is 0 Å². The fourth-order valence-electron chi connectivity index (χ4n) is 4.30. The molecule has 34 heavy (non-hydrogen) atoms. The van der Waals surface area contributed by atoms with E-state index in [1.807, 2.05) is 14.0 Å². The molecule has 0 unspecified atom stereocenters. The number of benzene rings is 1. The Kier molecular flexibility index (Phi) is 8.71. The lowest BCUT2D eigenvalue weighted by Crippen LogP contribution is -2.38. The fraction of sp³-hybridized carbons (Fsp3) is 0.583. The highest BCUT2D eigenvalue weighted by Gasteiger charge is 2.24. The van der Waals surface area contributed by atoms with E-state index in [2.05, 4.69) is 15.0 Å². The van der Waals surface area contributed by atoms with Gasteiger partial charge in [-0.2, -0.15) is 5.10 Å². The Bertz CT molecular complexity index is 1030. The van der Waals surface area contributed by atoms with E-state index in [9.17, 15) is 18.4 Å². The molecule has 3 rings (SSSR count). The normalized spacial score (nSPS) is 16.1. The first kappa shape index (κ1) is 25.7. The summed E-state index contributed by atoms with van der Waals surface area (Å²) < 4.78 is 30.2. The van der Waals surface area contributed by atoms with Gasteiger partial charge in [0, 0.05) is 38.5 Å². The first-order chi connectivity index (χ1) is 16.2. The fourth-order valence-corrected chi connectivity index (χ4v) is 4.30. The maximum Gasteiger partial charge on any atom is 0.226 e. The minimum Gasteiger partial charge on any atom is -0.338 e. The van der Waals surface area contributed by atoms with Crippen molar-refractivity contribution in [2.24, 2.45) is 0 Å². The number of aromatic nitrogens is 3. The summed E-state index contributed by atoms with van der Waals surface area (Å²) in [6.07, 6.45) is 1.91. The molecule has 0 bridgehead atoms. The summed E-state index contributed by atoms with van der Waals surface area (Å²) in [6.45, 7) is 8.27. The van der Waals surface area contributed by atoms with Gasteiger partial charge in [0.1, 0.15) is 11.6 Å². The molecule has 1 aromatic carbocycles. The number of nitrogens with zero attached hydrogens (tertiary/aromatic N) is 6. The summed E-state index contributed by atoms with van der Waals surface area (Å²) in [5.74, 6) is -0.899. The van der Waals surface area contributed by atoms with Crippen molar-refractivity contribution >= 4 is 17.5 Å². The molecule has 2 aromatic rings. The zero-order chi connectivity index (χ0) is 24.8. The van der Waals surface area contributed by atoms with Crippen LogP contribution in [0.2, 0.25) is 0 Å². The summed E-state index contributed by atoms with van der Waals surface area (Å²) in [4.78, 5) is 35.6. The van der Waals surface area contributed by atoms with Gasteiger partial charge >= 0.3 is 0 Å². The van der Waals surface area contributed by atoms with Gasteiger partial charge in [-0.15, -0.1) is 0 Å². The molecule has 1 aliphatic heterocycles. The van der Waals surface area contributed by atoms with Gasteiger partial charge in [0.05, 0.1) is 12.2 Å². The largest absolute Gasteiger partial charge is 0.338 e. The number of fused-ring (bicyclic) bond motifs is 1. The highest BCUT2D eigenvalue weighted by Crippen LogP contribution is 2.27. The van der Waals surface area contributed by atoms with Crippen LogP contribution in [0.1, 0.15) is 49.8 Å². The van der Waals surface area contributed by atoms with E-state index in [-0.39, 0.29) is 31.2 Å². The summed E-state index contributed by atoms with van der Waals surface area (Å²) in [6, 6.07) is 2.20. The lowest BCUT2D eigenvalue weighted by Gasteiger charge is -2.31. The summed E-state index contributed by atoms with van der Waals surface area (Å²) in [7, 11) is 2.00. The van der Waals surface area contributed by atoms with Gasteiger partial charge in [-0.05, 0) is 58.5 Å². The Morgan fingerprint density at radius 3 is 2.32 bits per heavy atom. The van der Waals surface area contributed by atoms with Crippen molar-refractivity contribution in [2.45, 2.75) is 59.5 Å². The number of hydrogen-bond donors (Lipinski definition) is 0. The van der Waals surface area contributed by atoms with Crippen molar-refractivity contribution in [3.05, 3.63) is 41.0 Å². The smallest absolute Gasteiger partial charge is 0.226 e. The predicted molar refractivity (Wildman–Crippen MR) is 125 cm³/mol. The third kappa shape index (κ3) is 6.37. The van der Waals surface area contributed by atoms with E-state index in [4.69, 9.17) is 0 Å². The monoisotopic (exact) mass is 476 g/mol. The number of aryl methyl sites for hydroxylation is 3. The molecule has 2 heterocycles. The van der Waals surface area contributed by atoms with Gasteiger partial charge in [-0.1, -0.05) is 6.92 Å². The topological polar surface area (TPSA) is 74.6 Å². The molecular formula is C24H34F2N6O2. The molecule has 0 radical (unpaired) electrons. The van der Waals surface area contributed by atoms with Crippen LogP contribution in [0.15, 0.2) is 12.1 Å². The Hall–Kier alpha value is -2.88. The Balaban J connectivity index is 1.91. The summed E-state index contributed by atoms with van der Waals surface area (Å²) in [5, 5.41) is 4.31. The van der Waals surface area contributed by atoms with E-state index in [0.29, 0.717) is 43.1 Å². The second kappa shape index (κ2) is 11.5. The lowest BCUT2D eigenvalue weighted by atomic mass is 10.1. The maximum absolute atomic E-state index is 14.3. The van der Waals surface area contributed by atoms with E-state index >= 15 is 0 Å². The Labute approximate surface area is 199 Å². The Morgan fingerprint density at radius 1 is 1.00 bits per heavy atom. The molecule has 0 aliphatic carbocycles. The van der Waals surface area contributed by atoms with Crippen LogP contribution in [-0.2, 0) is 22.7 Å². The van der Waals surface area contributed by atoms with Gasteiger partial charge in [0.25, 0.3) is 0 Å². The second-order valence-electron chi connectivity index (χ2n) is 8.80. The molecule has 0 spiro atoms. The SMILES string of the molecule is CCC(=O)N1CCCN(C)CCCN(C(=O)CCn2nc(C)nc2C)Cc2cc(F)c(F)cc21. The molecule has 2 amide bonds. The third-order valence-electron chi connectivity index (χ3n) is 6.12. The second-order valence-corrected chi connectivity index (χ2v) is 8.80. The number of halogens is 2. The first-order valence-corrected chi connectivity index (χ1v) is 11.8. The van der Waals surface area contributed by atoms with Gasteiger partial charge in [0.15, 0.2) is 11.6 Å². The quantitative estimate of drug-likeness (QED) is 0.678. The molecule has 0 atom stereocenters. The van der Waals surface area contributed by atoms with Crippen LogP contribution < -0.4 is 4.90 Å². The number of hydrogen-bond acceptors (Lipinski definition) is 5. The highest BCUT2D eigenvalue weighted by molar-refractivity contribution is 5.94. The standard InChI is InChI=1S/C24H34F2N6O2/c1-5-23(33)31-12-7-10-29(4)9-6-11-30(16-19-14-20(25)21(26)15-22(19)31)24(34)8-13-32-18(3)27-17(2)28-32/h14-15H,5-13,16H2,1-4H3. The van der Waals surface area contributed by atoms with E-state index in [0.717, 1.165) is 37.5 Å². The van der Waals surface area contributed by atoms with Gasteiger partial charge in [-0.25, -0.2) is 18.4 Å². The molecule has 0 saturated carbocycles. The average Bonchev–Trinajstić information content (AvgIpc) is 3.12. The van der Waals surface area contributed by atoms with Crippen LogP contribution in [0.25, 0.3) is 0 Å². The van der Waals surface area contributed by atoms with Gasteiger partial charge < -0.3 is 14.7 Å². The van der Waals surface area contributed by atoms with Gasteiger partial charge in [0.2, 0.25) is 11.8 Å². The maximum atomic E-state index is 14.3. The molecule has 186 valence electrons. The van der Waals surface area contributed by atoms with Crippen molar-refractivity contribution < 1.29 is 18.4 Å². The zero-order valence-corrected chi connectivity index (χ0v) is 20.5. The lowest BCUT2D eigenvalue weighted by molar-refractivity contribution is -0.132. The van der Waals surface area contributed by atoms with E-state index < -0.39 is 11.6 Å². The van der Waals surface area contributed by atoms with E-state index in [1.54, 1.807) is 23.4 Å². The van der Waals surface area contributed by atoms with Gasteiger partial charge in [-0.3, -0.25) is 9.59 Å². The average molecular weight is 477 g/mol. The summed E-state index contributed by atoms with van der Waals surface area (Å²) in [5.41, 5.74) is 0.755. The third-order valence-corrected chi connectivity index (χ3v) is 6.12. The highest BCUT2D eigenvalue weighted by atomic mass is 19.2. The number of carbonyl (C=O) groups is 2. The number of anilines is 1. The molecule has 1 aromatic heterocycles. The zero-order valence-electron chi connectivity index (χ0n) is 20.5. The molecule has 0 saturated heterocycles. The summed E-state index contributed by atoms with van der Waals surface area (Å²) >= 11 is 0. The van der Waals surface area contributed by atoms with Crippen molar-refractivity contribution in [3.63, 3.8) is 0 Å². The van der Waals surface area contributed by atoms with Crippen molar-refractivity contribution in [1.29, 1.82) is 0 Å². The first-order valence-electron chi connectivity index (χ1n) is 11.8. The van der Waals surface area contributed by atoms with Crippen LogP contribution in [0, 0.1) is 25.5 Å². The molecule has 8 nitrogen and oxygen atoms in total. The molecule has 1 aliphatic rings. The minimum atomic E-state index is -1.01. The van der Waals surface area contributed by atoms with Crippen LogP contribution in [-0.4, -0.2) is 69.6 Å². The minimum absolute atomic E-state index is 0.0952.